The lowest BCUT2D eigenvalue weighted by atomic mass is 10.0. The Kier molecular flexibility index (Phi) is 4.58. The molecule has 7 heteroatoms. The number of nitrogens with one attached hydrogen (secondary N) is 1. The first-order valence-corrected chi connectivity index (χ1v) is 7.74. The summed E-state index contributed by atoms with van der Waals surface area (Å²) in [5.74, 6) is 0.905. The first-order valence-electron chi connectivity index (χ1n) is 6.93. The molecule has 2 heterocycles. The zero-order valence-electron chi connectivity index (χ0n) is 13.4. The third kappa shape index (κ3) is 3.48. The van der Waals surface area contributed by atoms with Crippen LogP contribution in [0.3, 0.4) is 0 Å². The number of aliphatic hydroxyl groups is 1. The minimum atomic E-state index is -1.26. The van der Waals surface area contributed by atoms with Crippen LogP contribution in [0.1, 0.15) is 33.8 Å². The number of hydrogen-bond donors (Lipinski definition) is 2. The van der Waals surface area contributed by atoms with E-state index in [4.69, 9.17) is 4.42 Å². The summed E-state index contributed by atoms with van der Waals surface area (Å²) in [4.78, 5) is 19.0. The van der Waals surface area contributed by atoms with Crippen molar-refractivity contribution in [2.75, 3.05) is 25.5 Å². The van der Waals surface area contributed by atoms with E-state index in [-0.39, 0.29) is 12.5 Å². The molecule has 0 radical (unpaired) electrons. The summed E-state index contributed by atoms with van der Waals surface area (Å²) in [6.45, 7) is 5.28. The maximum atomic E-state index is 12.3. The minimum Gasteiger partial charge on any atom is -0.463 e. The van der Waals surface area contributed by atoms with E-state index in [0.717, 1.165) is 10.9 Å². The maximum absolute atomic E-state index is 12.3. The molecule has 120 valence electrons. The van der Waals surface area contributed by atoms with Gasteiger partial charge in [-0.15, -0.1) is 0 Å². The largest absolute Gasteiger partial charge is 0.463 e. The lowest BCUT2D eigenvalue weighted by molar-refractivity contribution is 0.0324. The highest BCUT2D eigenvalue weighted by Crippen LogP contribution is 2.25. The summed E-state index contributed by atoms with van der Waals surface area (Å²) in [5.41, 5.74) is -0.577. The Morgan fingerprint density at radius 2 is 2.14 bits per heavy atom. The van der Waals surface area contributed by atoms with Crippen molar-refractivity contribution in [3.8, 4) is 0 Å². The van der Waals surface area contributed by atoms with Crippen molar-refractivity contribution in [1.29, 1.82) is 0 Å². The van der Waals surface area contributed by atoms with Crippen LogP contribution in [-0.2, 0) is 5.60 Å². The maximum Gasteiger partial charge on any atom is 0.263 e. The number of aromatic nitrogens is 1. The third-order valence-electron chi connectivity index (χ3n) is 3.24. The minimum absolute atomic E-state index is 0.0629. The summed E-state index contributed by atoms with van der Waals surface area (Å²) in [7, 11) is 3.76. The number of carbonyl (C=O) groups is 1. The average Bonchev–Trinajstić information content (AvgIpc) is 3.03. The molecule has 0 aliphatic carbocycles. The highest BCUT2D eigenvalue weighted by atomic mass is 32.1. The Bertz CT molecular complexity index is 673. The van der Waals surface area contributed by atoms with E-state index in [1.165, 1.54) is 11.3 Å². The van der Waals surface area contributed by atoms with Crippen molar-refractivity contribution in [3.63, 3.8) is 0 Å². The van der Waals surface area contributed by atoms with Crippen LogP contribution in [0.2, 0.25) is 0 Å². The SMILES string of the molecule is Cc1ccc(C(C)(O)CNC(=O)c2sc(N(C)C)nc2C)o1. The predicted molar refractivity (Wildman–Crippen MR) is 86.5 cm³/mol. The second-order valence-electron chi connectivity index (χ2n) is 5.67. The molecule has 0 aliphatic rings. The summed E-state index contributed by atoms with van der Waals surface area (Å²) in [5, 5.41) is 13.9. The zero-order chi connectivity index (χ0) is 16.5. The van der Waals surface area contributed by atoms with Crippen LogP contribution in [0.25, 0.3) is 0 Å². The Morgan fingerprint density at radius 1 is 1.45 bits per heavy atom. The molecule has 0 aliphatic heterocycles. The lowest BCUT2D eigenvalue weighted by Gasteiger charge is -2.21. The van der Waals surface area contributed by atoms with Gasteiger partial charge in [-0.1, -0.05) is 11.3 Å². The van der Waals surface area contributed by atoms with Gasteiger partial charge in [0.25, 0.3) is 5.91 Å². The van der Waals surface area contributed by atoms with Crippen LogP contribution < -0.4 is 10.2 Å². The molecule has 2 aromatic rings. The molecule has 1 unspecified atom stereocenters. The molecule has 6 nitrogen and oxygen atoms in total. The van der Waals surface area contributed by atoms with Crippen molar-refractivity contribution < 1.29 is 14.3 Å². The highest BCUT2D eigenvalue weighted by Gasteiger charge is 2.28. The molecular formula is C15H21N3O3S. The number of anilines is 1. The molecule has 0 saturated heterocycles. The normalized spacial score (nSPS) is 13.7. The fourth-order valence-corrected chi connectivity index (χ4v) is 2.83. The topological polar surface area (TPSA) is 78.6 Å². The first-order chi connectivity index (χ1) is 10.2. The van der Waals surface area contributed by atoms with Crippen molar-refractivity contribution in [2.24, 2.45) is 0 Å². The van der Waals surface area contributed by atoms with E-state index in [0.29, 0.717) is 16.3 Å². The molecule has 0 bridgehead atoms. The van der Waals surface area contributed by atoms with Gasteiger partial charge in [-0.25, -0.2) is 4.98 Å². The fraction of sp³-hybridized carbons (Fsp3) is 0.467. The molecule has 1 amide bonds. The Hall–Kier alpha value is -1.86. The second-order valence-corrected chi connectivity index (χ2v) is 6.65. The van der Waals surface area contributed by atoms with E-state index < -0.39 is 5.60 Å². The summed E-state index contributed by atoms with van der Waals surface area (Å²) >= 11 is 1.32. The number of aryl methyl sites for hydroxylation is 2. The molecule has 1 atom stereocenters. The number of thiazole rings is 1. The van der Waals surface area contributed by atoms with Crippen LogP contribution in [-0.4, -0.2) is 36.6 Å². The molecule has 22 heavy (non-hydrogen) atoms. The molecule has 0 saturated carbocycles. The fourth-order valence-electron chi connectivity index (χ4n) is 1.93. The molecule has 0 aromatic carbocycles. The van der Waals surface area contributed by atoms with Crippen LogP contribution >= 0.6 is 11.3 Å². The molecule has 2 N–H and O–H groups in total. The van der Waals surface area contributed by atoms with Crippen LogP contribution in [0, 0.1) is 13.8 Å². The number of hydrogen-bond acceptors (Lipinski definition) is 6. The van der Waals surface area contributed by atoms with Gasteiger partial charge in [-0.05, 0) is 32.9 Å². The second kappa shape index (κ2) is 6.10. The van der Waals surface area contributed by atoms with E-state index in [2.05, 4.69) is 10.3 Å². The van der Waals surface area contributed by atoms with Gasteiger partial charge in [-0.2, -0.15) is 0 Å². The van der Waals surface area contributed by atoms with E-state index >= 15 is 0 Å². The molecule has 2 aromatic heterocycles. The number of furan rings is 1. The van der Waals surface area contributed by atoms with Crippen LogP contribution in [0.4, 0.5) is 5.13 Å². The summed E-state index contributed by atoms with van der Waals surface area (Å²) < 4.78 is 5.43. The highest BCUT2D eigenvalue weighted by molar-refractivity contribution is 7.17. The number of carbonyl (C=O) groups excluding carboxylic acids is 1. The zero-order valence-corrected chi connectivity index (χ0v) is 14.2. The molecule has 0 spiro atoms. The smallest absolute Gasteiger partial charge is 0.263 e. The van der Waals surface area contributed by atoms with Gasteiger partial charge in [0.15, 0.2) is 5.13 Å². The summed E-state index contributed by atoms with van der Waals surface area (Å²) in [6, 6.07) is 3.49. The van der Waals surface area contributed by atoms with Crippen LogP contribution in [0.15, 0.2) is 16.5 Å². The Labute approximate surface area is 133 Å². The van der Waals surface area contributed by atoms with Crippen LogP contribution in [0.5, 0.6) is 0 Å². The van der Waals surface area contributed by atoms with Gasteiger partial charge in [0.2, 0.25) is 0 Å². The number of amides is 1. The Morgan fingerprint density at radius 3 is 2.64 bits per heavy atom. The average molecular weight is 323 g/mol. The third-order valence-corrected chi connectivity index (χ3v) is 4.56. The van der Waals surface area contributed by atoms with E-state index in [1.54, 1.807) is 26.0 Å². The van der Waals surface area contributed by atoms with Gasteiger partial charge >= 0.3 is 0 Å². The Balaban J connectivity index is 2.06. The van der Waals surface area contributed by atoms with E-state index in [9.17, 15) is 9.90 Å². The van der Waals surface area contributed by atoms with Crippen molar-refractivity contribution in [3.05, 3.63) is 34.2 Å². The predicted octanol–water partition coefficient (Wildman–Crippen LogP) is 2.06. The standard InChI is InChI=1S/C15H21N3O3S/c1-9-6-7-11(21-9)15(3,20)8-16-13(19)12-10(2)17-14(22-12)18(4)5/h6-7,20H,8H2,1-5H3,(H,16,19). The van der Waals surface area contributed by atoms with Crippen molar-refractivity contribution in [2.45, 2.75) is 26.4 Å². The van der Waals surface area contributed by atoms with Crippen molar-refractivity contribution >= 4 is 22.4 Å². The first kappa shape index (κ1) is 16.5. The van der Waals surface area contributed by atoms with Gasteiger partial charge in [0.1, 0.15) is 22.0 Å². The van der Waals surface area contributed by atoms with Gasteiger partial charge in [-0.3, -0.25) is 4.79 Å². The number of rotatable bonds is 5. The quantitative estimate of drug-likeness (QED) is 0.880. The molecular weight excluding hydrogens is 302 g/mol. The van der Waals surface area contributed by atoms with Gasteiger partial charge in [0.05, 0.1) is 12.2 Å². The number of nitrogens with zero attached hydrogens (tertiary/aromatic N) is 2. The molecule has 0 fully saturated rings. The molecule has 2 rings (SSSR count). The van der Waals surface area contributed by atoms with E-state index in [1.807, 2.05) is 25.9 Å². The van der Waals surface area contributed by atoms with Gasteiger partial charge in [0, 0.05) is 14.1 Å². The van der Waals surface area contributed by atoms with Crippen molar-refractivity contribution in [1.82, 2.24) is 10.3 Å². The lowest BCUT2D eigenvalue weighted by Crippen LogP contribution is -2.38. The summed E-state index contributed by atoms with van der Waals surface area (Å²) in [6.07, 6.45) is 0. The van der Waals surface area contributed by atoms with Gasteiger partial charge < -0.3 is 19.7 Å². The monoisotopic (exact) mass is 323 g/mol.